The molecule has 2 aromatic rings. The van der Waals surface area contributed by atoms with Gasteiger partial charge >= 0.3 is 6.36 Å². The molecule has 0 bridgehead atoms. The van der Waals surface area contributed by atoms with Crippen LogP contribution >= 0.6 is 11.3 Å². The van der Waals surface area contributed by atoms with E-state index >= 15 is 0 Å². The first-order chi connectivity index (χ1) is 14.7. The maximum absolute atomic E-state index is 12.7. The number of nitrogens with one attached hydrogen (secondary N) is 1. The summed E-state index contributed by atoms with van der Waals surface area (Å²) < 4.78 is 46.4. The number of hydrogen-bond donors (Lipinski definition) is 2. The molecule has 1 saturated carbocycles. The number of carbonyl (C=O) groups excluding carboxylic acids is 1. The van der Waals surface area contributed by atoms with Crippen LogP contribution in [0.1, 0.15) is 39.4 Å². The summed E-state index contributed by atoms with van der Waals surface area (Å²) in [7, 11) is 0. The molecule has 0 radical (unpaired) electrons. The van der Waals surface area contributed by atoms with Gasteiger partial charge < -0.3 is 19.9 Å². The van der Waals surface area contributed by atoms with Crippen LogP contribution < -0.4 is 14.8 Å². The van der Waals surface area contributed by atoms with E-state index in [0.29, 0.717) is 25.1 Å². The Kier molecular flexibility index (Phi) is 6.27. The fourth-order valence-electron chi connectivity index (χ4n) is 4.29. The number of carbonyl (C=O) groups is 1. The van der Waals surface area contributed by atoms with Crippen molar-refractivity contribution < 1.29 is 32.5 Å². The van der Waals surface area contributed by atoms with Gasteiger partial charge in [-0.05, 0) is 62.9 Å². The van der Waals surface area contributed by atoms with Crippen LogP contribution in [0.3, 0.4) is 0 Å². The molecule has 168 valence electrons. The lowest BCUT2D eigenvalue weighted by atomic mass is 9.87. The highest BCUT2D eigenvalue weighted by Gasteiger charge is 2.37. The zero-order valence-corrected chi connectivity index (χ0v) is 17.8. The molecule has 0 spiro atoms. The van der Waals surface area contributed by atoms with Crippen molar-refractivity contribution in [2.75, 3.05) is 6.54 Å². The Balaban J connectivity index is 1.28. The number of ketones is 1. The molecular weight excluding hydrogens is 431 g/mol. The molecular formula is C22H24F3NO4S. The highest BCUT2D eigenvalue weighted by molar-refractivity contribution is 7.12. The molecule has 0 aliphatic heterocycles. The first kappa shape index (κ1) is 22.1. The SMILES string of the molecule is Cc1cc2c(s1)CCC(CNC1CCC(Oc3ccc(OC(F)(F)F)cc3)C1O)C2=O. The number of Topliss-reactive ketones (excluding diaryl/α,β-unsaturated/α-hetero) is 1. The third-order valence-electron chi connectivity index (χ3n) is 5.81. The van der Waals surface area contributed by atoms with Crippen LogP contribution in [0.25, 0.3) is 0 Å². The normalized spacial score (nSPS) is 26.0. The lowest BCUT2D eigenvalue weighted by molar-refractivity contribution is -0.274. The Hall–Kier alpha value is -2.10. The Morgan fingerprint density at radius 1 is 1.16 bits per heavy atom. The van der Waals surface area contributed by atoms with Crippen molar-refractivity contribution in [1.29, 1.82) is 0 Å². The largest absolute Gasteiger partial charge is 0.573 e. The van der Waals surface area contributed by atoms with E-state index in [4.69, 9.17) is 4.74 Å². The molecule has 31 heavy (non-hydrogen) atoms. The number of benzene rings is 1. The summed E-state index contributed by atoms with van der Waals surface area (Å²) in [5.41, 5.74) is 0.840. The molecule has 4 rings (SSSR count). The van der Waals surface area contributed by atoms with E-state index in [1.807, 2.05) is 13.0 Å². The molecule has 1 heterocycles. The molecule has 0 saturated heterocycles. The van der Waals surface area contributed by atoms with Gasteiger partial charge in [-0.3, -0.25) is 4.79 Å². The van der Waals surface area contributed by atoms with Crippen LogP contribution in [0, 0.1) is 12.8 Å². The van der Waals surface area contributed by atoms with Gasteiger partial charge in [0.2, 0.25) is 0 Å². The van der Waals surface area contributed by atoms with Gasteiger partial charge in [-0.1, -0.05) is 0 Å². The second-order valence-corrected chi connectivity index (χ2v) is 9.39. The molecule has 9 heteroatoms. The smallest absolute Gasteiger partial charge is 0.488 e. The Morgan fingerprint density at radius 3 is 2.58 bits per heavy atom. The summed E-state index contributed by atoms with van der Waals surface area (Å²) in [5, 5.41) is 14.0. The van der Waals surface area contributed by atoms with Crippen LogP contribution in [0.15, 0.2) is 30.3 Å². The summed E-state index contributed by atoms with van der Waals surface area (Å²) in [6.45, 7) is 2.51. The zero-order valence-electron chi connectivity index (χ0n) is 16.9. The number of halogens is 3. The lowest BCUT2D eigenvalue weighted by Crippen LogP contribution is -2.44. The van der Waals surface area contributed by atoms with E-state index in [-0.39, 0.29) is 23.5 Å². The number of aryl methyl sites for hydroxylation is 2. The Morgan fingerprint density at radius 2 is 1.87 bits per heavy atom. The van der Waals surface area contributed by atoms with Crippen molar-refractivity contribution in [1.82, 2.24) is 5.32 Å². The maximum Gasteiger partial charge on any atom is 0.573 e. The van der Waals surface area contributed by atoms with Crippen LogP contribution in [0.5, 0.6) is 11.5 Å². The van der Waals surface area contributed by atoms with Crippen molar-refractivity contribution in [2.24, 2.45) is 5.92 Å². The minimum Gasteiger partial charge on any atom is -0.488 e. The maximum atomic E-state index is 12.7. The van der Waals surface area contributed by atoms with Crippen LogP contribution in [0.4, 0.5) is 13.2 Å². The number of thiophene rings is 1. The van der Waals surface area contributed by atoms with Gasteiger partial charge in [0.1, 0.15) is 23.7 Å². The second-order valence-electron chi connectivity index (χ2n) is 8.05. The van der Waals surface area contributed by atoms with Gasteiger partial charge in [-0.2, -0.15) is 0 Å². The number of aliphatic hydroxyl groups is 1. The third-order valence-corrected chi connectivity index (χ3v) is 6.93. The molecule has 1 aromatic carbocycles. The van der Waals surface area contributed by atoms with Crippen molar-refractivity contribution >= 4 is 17.1 Å². The minimum absolute atomic E-state index is 0.102. The van der Waals surface area contributed by atoms with Gasteiger partial charge in [0.05, 0.1) is 0 Å². The molecule has 1 fully saturated rings. The van der Waals surface area contributed by atoms with Crippen LogP contribution in [-0.4, -0.2) is 42.0 Å². The summed E-state index contributed by atoms with van der Waals surface area (Å²) in [6, 6.07) is 6.89. The standard InChI is InChI=1S/C22H24F3NO4S/c1-12-10-16-19(31-12)9-2-13(20(16)27)11-26-17-7-8-18(21(17)28)29-14-3-5-15(6-4-14)30-22(23,24)25/h3-6,10,13,17-18,21,26,28H,2,7-9,11H2,1H3. The molecule has 2 N–H and O–H groups in total. The lowest BCUT2D eigenvalue weighted by Gasteiger charge is -2.25. The summed E-state index contributed by atoms with van der Waals surface area (Å²) in [6.07, 6.45) is -3.00. The Labute approximate surface area is 182 Å². The predicted molar refractivity (Wildman–Crippen MR) is 110 cm³/mol. The molecule has 5 nitrogen and oxygen atoms in total. The topological polar surface area (TPSA) is 67.8 Å². The average Bonchev–Trinajstić information content (AvgIpc) is 3.25. The first-order valence-electron chi connectivity index (χ1n) is 10.3. The average molecular weight is 455 g/mol. The van der Waals surface area contributed by atoms with Gasteiger partial charge in [-0.25, -0.2) is 0 Å². The van der Waals surface area contributed by atoms with Gasteiger partial charge in [0.25, 0.3) is 0 Å². The Bertz CT molecular complexity index is 928. The van der Waals surface area contributed by atoms with E-state index in [9.17, 15) is 23.1 Å². The van der Waals surface area contributed by atoms with Gasteiger partial charge in [-0.15, -0.1) is 24.5 Å². The van der Waals surface area contributed by atoms with E-state index in [1.54, 1.807) is 11.3 Å². The summed E-state index contributed by atoms with van der Waals surface area (Å²) >= 11 is 1.68. The molecule has 2 aliphatic rings. The second kappa shape index (κ2) is 8.80. The van der Waals surface area contributed by atoms with Gasteiger partial charge in [0.15, 0.2) is 5.78 Å². The molecule has 4 atom stereocenters. The van der Waals surface area contributed by atoms with E-state index in [2.05, 4.69) is 10.1 Å². The minimum atomic E-state index is -4.74. The van der Waals surface area contributed by atoms with Gasteiger partial charge in [0, 0.05) is 33.8 Å². The van der Waals surface area contributed by atoms with Crippen molar-refractivity contribution in [3.05, 3.63) is 45.6 Å². The highest BCUT2D eigenvalue weighted by Crippen LogP contribution is 2.33. The number of rotatable bonds is 6. The van der Waals surface area contributed by atoms with Crippen molar-refractivity contribution in [3.8, 4) is 11.5 Å². The summed E-state index contributed by atoms with van der Waals surface area (Å²) in [4.78, 5) is 15.1. The fraction of sp³-hybridized carbons (Fsp3) is 0.500. The molecule has 4 unspecified atom stereocenters. The molecule has 2 aliphatic carbocycles. The quantitative estimate of drug-likeness (QED) is 0.681. The number of ether oxygens (including phenoxy) is 2. The number of aliphatic hydroxyl groups excluding tert-OH is 1. The van der Waals surface area contributed by atoms with E-state index in [1.165, 1.54) is 29.1 Å². The summed E-state index contributed by atoms with van der Waals surface area (Å²) in [5.74, 6) is 0.101. The van der Waals surface area contributed by atoms with Crippen LogP contribution in [0.2, 0.25) is 0 Å². The van der Waals surface area contributed by atoms with E-state index in [0.717, 1.165) is 23.3 Å². The first-order valence-corrected chi connectivity index (χ1v) is 11.1. The van der Waals surface area contributed by atoms with E-state index < -0.39 is 18.6 Å². The third kappa shape index (κ3) is 5.22. The van der Waals surface area contributed by atoms with Crippen LogP contribution in [-0.2, 0) is 6.42 Å². The number of fused-ring (bicyclic) bond motifs is 1. The zero-order chi connectivity index (χ0) is 22.2. The molecule has 1 aromatic heterocycles. The fourth-order valence-corrected chi connectivity index (χ4v) is 5.35. The highest BCUT2D eigenvalue weighted by atomic mass is 32.1. The molecule has 0 amide bonds. The number of hydrogen-bond acceptors (Lipinski definition) is 6. The number of alkyl halides is 3. The monoisotopic (exact) mass is 455 g/mol. The predicted octanol–water partition coefficient (Wildman–Crippen LogP) is 4.26. The van der Waals surface area contributed by atoms with Crippen molar-refractivity contribution in [2.45, 2.75) is 57.2 Å². The van der Waals surface area contributed by atoms with Crippen molar-refractivity contribution in [3.63, 3.8) is 0 Å².